The number of allylic oxidation sites excluding steroid dienone is 1. The third kappa shape index (κ3) is 2.16. The Bertz CT molecular complexity index is 953. The SMILES string of the molecule is COc1ccccc1C1C(C#N)=C(N)Oc2cc(C)n(O)c(=O)c21. The third-order valence-corrected chi connectivity index (χ3v) is 4.00. The molecule has 24 heavy (non-hydrogen) atoms. The van der Waals surface area contributed by atoms with E-state index in [0.29, 0.717) is 21.7 Å². The topological polar surface area (TPSA) is 110 Å². The van der Waals surface area contributed by atoms with E-state index in [4.69, 9.17) is 15.2 Å². The van der Waals surface area contributed by atoms with Gasteiger partial charge in [0.2, 0.25) is 5.88 Å². The van der Waals surface area contributed by atoms with Crippen LogP contribution in [0.4, 0.5) is 0 Å². The molecule has 3 N–H and O–H groups in total. The van der Waals surface area contributed by atoms with Crippen molar-refractivity contribution in [2.24, 2.45) is 5.73 Å². The largest absolute Gasteiger partial charge is 0.496 e. The lowest BCUT2D eigenvalue weighted by Crippen LogP contribution is -2.32. The monoisotopic (exact) mass is 325 g/mol. The maximum Gasteiger partial charge on any atom is 0.291 e. The number of aromatic nitrogens is 1. The molecule has 0 saturated carbocycles. The molecular formula is C17H15N3O4. The van der Waals surface area contributed by atoms with Crippen LogP contribution in [0, 0.1) is 18.3 Å². The van der Waals surface area contributed by atoms with E-state index in [1.807, 2.05) is 6.07 Å². The summed E-state index contributed by atoms with van der Waals surface area (Å²) in [6.45, 7) is 1.56. The second-order valence-corrected chi connectivity index (χ2v) is 5.35. The first-order chi connectivity index (χ1) is 11.5. The molecule has 0 spiro atoms. The molecule has 122 valence electrons. The fraction of sp³-hybridized carbons (Fsp3) is 0.176. The van der Waals surface area contributed by atoms with Crippen LogP contribution < -0.4 is 20.8 Å². The molecule has 1 atom stereocenters. The average Bonchev–Trinajstić information content (AvgIpc) is 2.58. The summed E-state index contributed by atoms with van der Waals surface area (Å²) in [6.07, 6.45) is 0. The second-order valence-electron chi connectivity index (χ2n) is 5.35. The van der Waals surface area contributed by atoms with E-state index in [2.05, 4.69) is 0 Å². The maximum absolute atomic E-state index is 12.6. The van der Waals surface area contributed by atoms with Crippen LogP contribution in [0.2, 0.25) is 0 Å². The van der Waals surface area contributed by atoms with Gasteiger partial charge in [0.15, 0.2) is 0 Å². The van der Waals surface area contributed by atoms with E-state index in [9.17, 15) is 15.3 Å². The number of hydrogen-bond acceptors (Lipinski definition) is 6. The number of nitrogens with two attached hydrogens (primary N) is 1. The van der Waals surface area contributed by atoms with Gasteiger partial charge >= 0.3 is 0 Å². The number of hydrogen-bond donors (Lipinski definition) is 2. The first-order valence-corrected chi connectivity index (χ1v) is 7.15. The number of para-hydroxylation sites is 1. The van der Waals surface area contributed by atoms with Crippen molar-refractivity contribution in [3.63, 3.8) is 0 Å². The van der Waals surface area contributed by atoms with Gasteiger partial charge in [0.1, 0.15) is 23.1 Å². The first kappa shape index (κ1) is 15.5. The first-order valence-electron chi connectivity index (χ1n) is 7.15. The van der Waals surface area contributed by atoms with E-state index >= 15 is 0 Å². The molecule has 1 unspecified atom stereocenters. The van der Waals surface area contributed by atoms with Gasteiger partial charge in [0.05, 0.1) is 24.3 Å². The van der Waals surface area contributed by atoms with Crippen molar-refractivity contribution in [3.8, 4) is 17.6 Å². The zero-order valence-corrected chi connectivity index (χ0v) is 13.1. The van der Waals surface area contributed by atoms with Crippen LogP contribution in [0.15, 0.2) is 46.6 Å². The fourth-order valence-electron chi connectivity index (χ4n) is 2.85. The number of rotatable bonds is 2. The Morgan fingerprint density at radius 3 is 2.79 bits per heavy atom. The van der Waals surface area contributed by atoms with Crippen molar-refractivity contribution in [1.82, 2.24) is 4.73 Å². The van der Waals surface area contributed by atoms with Crippen LogP contribution >= 0.6 is 0 Å². The van der Waals surface area contributed by atoms with E-state index in [1.165, 1.54) is 13.2 Å². The number of aryl methyl sites for hydroxylation is 1. The molecule has 3 rings (SSSR count). The standard InChI is InChI=1S/C17H15N3O4/c1-9-7-13-15(17(21)20(9)22)14(11(8-18)16(19)24-13)10-5-3-4-6-12(10)23-2/h3-7,14,22H,19H2,1-2H3. The molecule has 7 nitrogen and oxygen atoms in total. The van der Waals surface area contributed by atoms with Crippen molar-refractivity contribution in [3.05, 3.63) is 69.0 Å². The van der Waals surface area contributed by atoms with Crippen molar-refractivity contribution in [2.45, 2.75) is 12.8 Å². The summed E-state index contributed by atoms with van der Waals surface area (Å²) in [7, 11) is 1.50. The van der Waals surface area contributed by atoms with Gasteiger partial charge in [-0.25, -0.2) is 0 Å². The molecule has 0 radical (unpaired) electrons. The highest BCUT2D eigenvalue weighted by atomic mass is 16.5. The number of nitrogens with zero attached hydrogens (tertiary/aromatic N) is 2. The lowest BCUT2D eigenvalue weighted by atomic mass is 9.83. The average molecular weight is 325 g/mol. The molecule has 0 amide bonds. The molecule has 0 saturated heterocycles. The molecule has 0 aliphatic carbocycles. The summed E-state index contributed by atoms with van der Waals surface area (Å²) in [5, 5.41) is 19.5. The van der Waals surface area contributed by atoms with Crippen molar-refractivity contribution < 1.29 is 14.7 Å². The number of fused-ring (bicyclic) bond motifs is 1. The van der Waals surface area contributed by atoms with E-state index in [0.717, 1.165) is 0 Å². The Balaban J connectivity index is 2.38. The van der Waals surface area contributed by atoms with Gasteiger partial charge in [0.25, 0.3) is 5.56 Å². The Morgan fingerprint density at radius 1 is 1.42 bits per heavy atom. The highest BCUT2D eigenvalue weighted by molar-refractivity contribution is 5.57. The van der Waals surface area contributed by atoms with E-state index < -0.39 is 11.5 Å². The molecule has 1 aliphatic rings. The Labute approximate surface area is 137 Å². The van der Waals surface area contributed by atoms with Gasteiger partial charge in [-0.1, -0.05) is 18.2 Å². The van der Waals surface area contributed by atoms with E-state index in [1.54, 1.807) is 31.2 Å². The van der Waals surface area contributed by atoms with Crippen molar-refractivity contribution >= 4 is 0 Å². The summed E-state index contributed by atoms with van der Waals surface area (Å²) in [4.78, 5) is 12.6. The Hall–Kier alpha value is -3.40. The van der Waals surface area contributed by atoms with Crippen LogP contribution in [0.5, 0.6) is 11.5 Å². The predicted octanol–water partition coefficient (Wildman–Crippen LogP) is 1.62. The molecular weight excluding hydrogens is 310 g/mol. The number of ether oxygens (including phenoxy) is 2. The molecule has 1 aromatic carbocycles. The number of nitriles is 1. The van der Waals surface area contributed by atoms with Crippen LogP contribution in [-0.2, 0) is 0 Å². The minimum absolute atomic E-state index is 0.0737. The van der Waals surface area contributed by atoms with E-state index in [-0.39, 0.29) is 22.8 Å². The van der Waals surface area contributed by atoms with Gasteiger partial charge in [-0.15, -0.1) is 0 Å². The summed E-state index contributed by atoms with van der Waals surface area (Å²) in [5.41, 5.74) is 6.33. The number of pyridine rings is 1. The molecule has 2 aromatic rings. The summed E-state index contributed by atoms with van der Waals surface area (Å²) in [6, 6.07) is 10.5. The third-order valence-electron chi connectivity index (χ3n) is 4.00. The summed E-state index contributed by atoms with van der Waals surface area (Å²) < 4.78 is 11.3. The highest BCUT2D eigenvalue weighted by Crippen LogP contribution is 2.43. The lowest BCUT2D eigenvalue weighted by Gasteiger charge is -2.27. The fourth-order valence-corrected chi connectivity index (χ4v) is 2.85. The molecule has 7 heteroatoms. The Kier molecular flexibility index (Phi) is 3.66. The van der Waals surface area contributed by atoms with Gasteiger partial charge < -0.3 is 20.4 Å². The van der Waals surface area contributed by atoms with Gasteiger partial charge in [-0.2, -0.15) is 9.99 Å². The van der Waals surface area contributed by atoms with Gasteiger partial charge in [-0.05, 0) is 13.0 Å². The van der Waals surface area contributed by atoms with Crippen LogP contribution in [0.3, 0.4) is 0 Å². The van der Waals surface area contributed by atoms with Crippen molar-refractivity contribution in [2.75, 3.05) is 7.11 Å². The smallest absolute Gasteiger partial charge is 0.291 e. The quantitative estimate of drug-likeness (QED) is 0.812. The molecule has 0 bridgehead atoms. The summed E-state index contributed by atoms with van der Waals surface area (Å²) in [5.74, 6) is -0.146. The zero-order valence-electron chi connectivity index (χ0n) is 13.1. The van der Waals surface area contributed by atoms with Crippen molar-refractivity contribution in [1.29, 1.82) is 5.26 Å². The van der Waals surface area contributed by atoms with Crippen LogP contribution in [-0.4, -0.2) is 17.0 Å². The maximum atomic E-state index is 12.6. The van der Waals surface area contributed by atoms with Gasteiger partial charge in [0, 0.05) is 11.6 Å². The number of methoxy groups -OCH3 is 1. The highest BCUT2D eigenvalue weighted by Gasteiger charge is 2.35. The minimum Gasteiger partial charge on any atom is -0.496 e. The second kappa shape index (κ2) is 5.66. The Morgan fingerprint density at radius 2 is 2.12 bits per heavy atom. The van der Waals surface area contributed by atoms with Crippen LogP contribution in [0.25, 0.3) is 0 Å². The van der Waals surface area contributed by atoms with Crippen LogP contribution in [0.1, 0.15) is 22.7 Å². The van der Waals surface area contributed by atoms with Gasteiger partial charge in [-0.3, -0.25) is 4.79 Å². The summed E-state index contributed by atoms with van der Waals surface area (Å²) >= 11 is 0. The number of benzene rings is 1. The molecule has 1 aliphatic heterocycles. The predicted molar refractivity (Wildman–Crippen MR) is 84.9 cm³/mol. The zero-order chi connectivity index (χ0) is 17.4. The lowest BCUT2D eigenvalue weighted by molar-refractivity contribution is 0.165. The normalized spacial score (nSPS) is 16.1. The minimum atomic E-state index is -0.790. The molecule has 2 heterocycles. The molecule has 0 fully saturated rings. The molecule has 1 aromatic heterocycles.